The van der Waals surface area contributed by atoms with Crippen LogP contribution in [0.2, 0.25) is 5.02 Å². The van der Waals surface area contributed by atoms with Crippen LogP contribution < -0.4 is 9.46 Å². The second-order valence-corrected chi connectivity index (χ2v) is 7.04. The lowest BCUT2D eigenvalue weighted by atomic mass is 10.2. The number of carbonyl (C=O) groups excluding carboxylic acids is 1. The first kappa shape index (κ1) is 19.4. The van der Waals surface area contributed by atoms with Crippen LogP contribution in [0, 0.1) is 10.1 Å². The number of hydrogen-bond acceptors (Lipinski definition) is 6. The summed E-state index contributed by atoms with van der Waals surface area (Å²) in [7, 11) is -3.16. The molecule has 8 nitrogen and oxygen atoms in total. The number of nitro benzene ring substituents is 1. The number of rotatable bonds is 6. The predicted molar refractivity (Wildman–Crippen MR) is 95.5 cm³/mol. The summed E-state index contributed by atoms with van der Waals surface area (Å²) >= 11 is 5.81. The van der Waals surface area contributed by atoms with E-state index in [4.69, 9.17) is 16.3 Å². The van der Waals surface area contributed by atoms with E-state index in [1.165, 1.54) is 19.3 Å². The van der Waals surface area contributed by atoms with Gasteiger partial charge in [-0.1, -0.05) is 23.7 Å². The van der Waals surface area contributed by atoms with E-state index in [0.717, 1.165) is 18.2 Å². The Hall–Kier alpha value is -2.91. The standard InChI is InChI=1S/C16H13ClN2O6S/c1-25-13-6-7-15(14(10-13)19(21)22)26(23,24)18-16(20)8-5-11-3-2-4-12(17)9-11/h2-10H,1H3,(H,18,20)/b8-5-. The van der Waals surface area contributed by atoms with Crippen molar-refractivity contribution in [2.24, 2.45) is 0 Å². The topological polar surface area (TPSA) is 116 Å². The Bertz CT molecular complexity index is 988. The van der Waals surface area contributed by atoms with Gasteiger partial charge in [-0.15, -0.1) is 0 Å². The van der Waals surface area contributed by atoms with Gasteiger partial charge in [0.25, 0.3) is 21.6 Å². The molecule has 0 radical (unpaired) electrons. The minimum absolute atomic E-state index is 0.114. The summed E-state index contributed by atoms with van der Waals surface area (Å²) in [6.07, 6.45) is 2.34. The molecule has 0 aliphatic carbocycles. The summed E-state index contributed by atoms with van der Waals surface area (Å²) < 4.78 is 31.2. The first-order chi connectivity index (χ1) is 12.2. The molecule has 136 valence electrons. The van der Waals surface area contributed by atoms with Crippen LogP contribution in [0.25, 0.3) is 6.08 Å². The molecular formula is C16H13ClN2O6S. The van der Waals surface area contributed by atoms with Crippen molar-refractivity contribution < 1.29 is 22.9 Å². The van der Waals surface area contributed by atoms with Crippen molar-refractivity contribution in [3.05, 3.63) is 69.2 Å². The number of amides is 1. The molecule has 0 unspecified atom stereocenters. The van der Waals surface area contributed by atoms with Gasteiger partial charge >= 0.3 is 0 Å². The van der Waals surface area contributed by atoms with Gasteiger partial charge in [0.2, 0.25) is 0 Å². The van der Waals surface area contributed by atoms with E-state index in [2.05, 4.69) is 0 Å². The van der Waals surface area contributed by atoms with E-state index in [9.17, 15) is 23.3 Å². The highest BCUT2D eigenvalue weighted by Gasteiger charge is 2.27. The average Bonchev–Trinajstić information content (AvgIpc) is 2.59. The maximum atomic E-state index is 12.3. The van der Waals surface area contributed by atoms with Crippen LogP contribution in [0.15, 0.2) is 53.4 Å². The van der Waals surface area contributed by atoms with E-state index >= 15 is 0 Å². The number of carbonyl (C=O) groups is 1. The number of hydrogen-bond donors (Lipinski definition) is 1. The van der Waals surface area contributed by atoms with Gasteiger partial charge in [-0.3, -0.25) is 14.9 Å². The summed E-state index contributed by atoms with van der Waals surface area (Å²) in [6, 6.07) is 9.75. The summed E-state index contributed by atoms with van der Waals surface area (Å²) in [4.78, 5) is 21.5. The molecule has 1 amide bonds. The van der Waals surface area contributed by atoms with Crippen molar-refractivity contribution in [3.8, 4) is 5.75 Å². The largest absolute Gasteiger partial charge is 0.497 e. The molecule has 0 fully saturated rings. The zero-order valence-corrected chi connectivity index (χ0v) is 15.0. The van der Waals surface area contributed by atoms with Crippen LogP contribution in [0.5, 0.6) is 5.75 Å². The molecule has 26 heavy (non-hydrogen) atoms. The summed E-state index contributed by atoms with van der Waals surface area (Å²) in [5.41, 5.74) is -0.121. The summed E-state index contributed by atoms with van der Waals surface area (Å²) in [5, 5.41) is 11.6. The molecule has 0 aromatic heterocycles. The minimum atomic E-state index is -4.45. The van der Waals surface area contributed by atoms with Crippen molar-refractivity contribution in [2.45, 2.75) is 4.90 Å². The Balaban J connectivity index is 2.25. The Morgan fingerprint density at radius 2 is 2.00 bits per heavy atom. The molecule has 10 heteroatoms. The van der Waals surface area contributed by atoms with Gasteiger partial charge in [-0.05, 0) is 35.9 Å². The number of nitrogens with one attached hydrogen (secondary N) is 1. The van der Waals surface area contributed by atoms with Crippen LogP contribution >= 0.6 is 11.6 Å². The van der Waals surface area contributed by atoms with Gasteiger partial charge < -0.3 is 4.74 Å². The minimum Gasteiger partial charge on any atom is -0.497 e. The molecule has 0 spiro atoms. The fourth-order valence-electron chi connectivity index (χ4n) is 2.00. The van der Waals surface area contributed by atoms with Crippen molar-refractivity contribution in [1.82, 2.24) is 4.72 Å². The Morgan fingerprint density at radius 1 is 1.27 bits per heavy atom. The number of nitrogens with zero attached hydrogens (tertiary/aromatic N) is 1. The number of benzene rings is 2. The lowest BCUT2D eigenvalue weighted by Crippen LogP contribution is -2.29. The highest BCUT2D eigenvalue weighted by atomic mass is 35.5. The maximum absolute atomic E-state index is 12.3. The van der Waals surface area contributed by atoms with E-state index in [1.54, 1.807) is 29.0 Å². The zero-order valence-electron chi connectivity index (χ0n) is 13.4. The monoisotopic (exact) mass is 396 g/mol. The lowest BCUT2D eigenvalue weighted by molar-refractivity contribution is -0.387. The lowest BCUT2D eigenvalue weighted by Gasteiger charge is -2.07. The van der Waals surface area contributed by atoms with Crippen LogP contribution in [0.4, 0.5) is 5.69 Å². The van der Waals surface area contributed by atoms with E-state index in [-0.39, 0.29) is 5.75 Å². The average molecular weight is 397 g/mol. The van der Waals surface area contributed by atoms with Gasteiger partial charge in [0, 0.05) is 11.1 Å². The van der Waals surface area contributed by atoms with Gasteiger partial charge in [-0.2, -0.15) is 0 Å². The highest BCUT2D eigenvalue weighted by molar-refractivity contribution is 7.90. The normalized spacial score (nSPS) is 11.3. The molecule has 1 N–H and O–H groups in total. The molecular weight excluding hydrogens is 384 g/mol. The summed E-state index contributed by atoms with van der Waals surface area (Å²) in [6.45, 7) is 0. The maximum Gasteiger partial charge on any atom is 0.293 e. The number of halogens is 1. The molecule has 0 aliphatic rings. The van der Waals surface area contributed by atoms with Crippen LogP contribution in [-0.2, 0) is 14.8 Å². The van der Waals surface area contributed by atoms with Gasteiger partial charge in [-0.25, -0.2) is 13.1 Å². The number of sulfonamides is 1. The third-order valence-corrected chi connectivity index (χ3v) is 4.79. The Labute approximate surface area is 154 Å². The molecule has 0 bridgehead atoms. The van der Waals surface area contributed by atoms with E-state index in [0.29, 0.717) is 10.6 Å². The van der Waals surface area contributed by atoms with E-state index < -0.39 is 31.4 Å². The van der Waals surface area contributed by atoms with Crippen LogP contribution in [-0.4, -0.2) is 26.4 Å². The first-order valence-corrected chi connectivity index (χ1v) is 8.92. The smallest absolute Gasteiger partial charge is 0.293 e. The van der Waals surface area contributed by atoms with Crippen LogP contribution in [0.1, 0.15) is 5.56 Å². The molecule has 0 heterocycles. The SMILES string of the molecule is COc1ccc(S(=O)(=O)NC(=O)/C=C\c2cccc(Cl)c2)c([N+](=O)[O-])c1. The molecule has 2 rings (SSSR count). The Kier molecular flexibility index (Phi) is 5.96. The quantitative estimate of drug-likeness (QED) is 0.456. The molecule has 0 saturated heterocycles. The molecule has 2 aromatic carbocycles. The third kappa shape index (κ3) is 4.80. The fraction of sp³-hybridized carbons (Fsp3) is 0.0625. The third-order valence-electron chi connectivity index (χ3n) is 3.16. The van der Waals surface area contributed by atoms with Gasteiger partial charge in [0.15, 0.2) is 4.90 Å². The van der Waals surface area contributed by atoms with Gasteiger partial charge in [0.1, 0.15) is 5.75 Å². The van der Waals surface area contributed by atoms with Crippen molar-refractivity contribution in [3.63, 3.8) is 0 Å². The number of nitro groups is 1. The Morgan fingerprint density at radius 3 is 2.62 bits per heavy atom. The molecule has 0 saturated carbocycles. The number of methoxy groups -OCH3 is 1. The number of ether oxygens (including phenoxy) is 1. The van der Waals surface area contributed by atoms with E-state index in [1.807, 2.05) is 0 Å². The van der Waals surface area contributed by atoms with Crippen molar-refractivity contribution in [2.75, 3.05) is 7.11 Å². The molecule has 2 aromatic rings. The van der Waals surface area contributed by atoms with Gasteiger partial charge in [0.05, 0.1) is 18.1 Å². The van der Waals surface area contributed by atoms with Crippen molar-refractivity contribution in [1.29, 1.82) is 0 Å². The molecule has 0 aliphatic heterocycles. The fourth-order valence-corrected chi connectivity index (χ4v) is 3.30. The second kappa shape index (κ2) is 7.98. The highest BCUT2D eigenvalue weighted by Crippen LogP contribution is 2.28. The zero-order chi connectivity index (χ0) is 19.3. The van der Waals surface area contributed by atoms with Crippen molar-refractivity contribution >= 4 is 39.3 Å². The van der Waals surface area contributed by atoms with Crippen LogP contribution in [0.3, 0.4) is 0 Å². The molecule has 0 atom stereocenters. The predicted octanol–water partition coefficient (Wildman–Crippen LogP) is 2.78. The summed E-state index contributed by atoms with van der Waals surface area (Å²) in [5.74, 6) is -0.849. The second-order valence-electron chi connectivity index (χ2n) is 4.95. The first-order valence-electron chi connectivity index (χ1n) is 7.06.